The maximum atomic E-state index is 13.5. The molecule has 1 aromatic heterocycles. The molecule has 2 heterocycles. The van der Waals surface area contributed by atoms with Crippen LogP contribution < -0.4 is 9.64 Å². The summed E-state index contributed by atoms with van der Waals surface area (Å²) in [6.45, 7) is 2.01. The second-order valence-electron chi connectivity index (χ2n) is 7.37. The lowest BCUT2D eigenvalue weighted by atomic mass is 10.2. The zero-order valence-electron chi connectivity index (χ0n) is 17.9. The first-order valence-electron chi connectivity index (χ1n) is 9.72. The topological polar surface area (TPSA) is 84.7 Å². The number of carbonyl (C=O) groups is 1. The molecule has 1 aliphatic heterocycles. The average molecular weight is 529 g/mol. The largest absolute Gasteiger partial charge is 0.495 e. The molecule has 1 fully saturated rings. The molecule has 1 unspecified atom stereocenters. The molecule has 1 amide bonds. The lowest BCUT2D eigenvalue weighted by Crippen LogP contribution is -2.53. The summed E-state index contributed by atoms with van der Waals surface area (Å²) in [5.74, 6) is 0.0177. The molecule has 0 bridgehead atoms. The minimum Gasteiger partial charge on any atom is -0.495 e. The fourth-order valence-electron chi connectivity index (χ4n) is 3.66. The van der Waals surface area contributed by atoms with E-state index in [1.54, 1.807) is 30.0 Å². The number of nitrogens with zero attached hydrogens (tertiary/aromatic N) is 4. The van der Waals surface area contributed by atoms with Crippen LogP contribution in [-0.2, 0) is 20.8 Å². The number of carbonyl (C=O) groups excluding carboxylic acids is 1. The predicted molar refractivity (Wildman–Crippen MR) is 117 cm³/mol. The number of alkyl halides is 3. The van der Waals surface area contributed by atoms with Gasteiger partial charge in [0.2, 0.25) is 5.91 Å². The number of amides is 1. The monoisotopic (exact) mass is 528 g/mol. The Morgan fingerprint density at radius 3 is 2.48 bits per heavy atom. The summed E-state index contributed by atoms with van der Waals surface area (Å²) in [5, 5.41) is 2.07. The van der Waals surface area contributed by atoms with Gasteiger partial charge in [0, 0.05) is 37.5 Å². The number of anilines is 1. The maximum absolute atomic E-state index is 13.5. The predicted octanol–water partition coefficient (Wildman–Crippen LogP) is 3.88. The van der Waals surface area contributed by atoms with Gasteiger partial charge in [-0.2, -0.15) is 18.3 Å². The molecule has 14 heteroatoms. The Balaban J connectivity index is 2.15. The molecular weight excluding hydrogens is 508 g/mol. The van der Waals surface area contributed by atoms with E-state index in [0.29, 0.717) is 27.7 Å². The molecule has 182 valence electrons. The Labute approximate surface area is 198 Å². The highest BCUT2D eigenvalue weighted by atomic mass is 35.5. The van der Waals surface area contributed by atoms with E-state index in [9.17, 15) is 26.4 Å². The van der Waals surface area contributed by atoms with Crippen LogP contribution in [0.2, 0.25) is 10.0 Å². The lowest BCUT2D eigenvalue weighted by Gasteiger charge is -2.42. The van der Waals surface area contributed by atoms with Crippen molar-refractivity contribution in [3.63, 3.8) is 0 Å². The van der Waals surface area contributed by atoms with Crippen LogP contribution in [0.1, 0.15) is 25.2 Å². The lowest BCUT2D eigenvalue weighted by molar-refractivity contribution is -0.142. The third kappa shape index (κ3) is 5.02. The first-order valence-corrected chi connectivity index (χ1v) is 12.4. The fraction of sp³-hybridized carbons (Fsp3) is 0.474. The van der Waals surface area contributed by atoms with Gasteiger partial charge in [-0.05, 0) is 12.1 Å². The fourth-order valence-corrected chi connectivity index (χ4v) is 5.43. The maximum Gasteiger partial charge on any atom is 0.436 e. The van der Waals surface area contributed by atoms with Gasteiger partial charge in [0.25, 0.3) is 0 Å². The van der Waals surface area contributed by atoms with Gasteiger partial charge in [-0.1, -0.05) is 30.1 Å². The van der Waals surface area contributed by atoms with Gasteiger partial charge in [-0.3, -0.25) is 4.79 Å². The van der Waals surface area contributed by atoms with Crippen molar-refractivity contribution in [2.45, 2.75) is 30.7 Å². The van der Waals surface area contributed by atoms with Crippen LogP contribution in [0.4, 0.5) is 18.9 Å². The summed E-state index contributed by atoms with van der Waals surface area (Å²) in [4.78, 5) is 15.7. The molecule has 0 spiro atoms. The molecule has 1 aliphatic rings. The second-order valence-corrected chi connectivity index (χ2v) is 10.1. The van der Waals surface area contributed by atoms with E-state index in [1.165, 1.54) is 12.0 Å². The van der Waals surface area contributed by atoms with E-state index in [2.05, 4.69) is 5.10 Å². The molecule has 1 atom stereocenters. The van der Waals surface area contributed by atoms with Crippen LogP contribution in [-0.4, -0.2) is 62.0 Å². The van der Waals surface area contributed by atoms with Gasteiger partial charge in [0.1, 0.15) is 16.9 Å². The van der Waals surface area contributed by atoms with Crippen molar-refractivity contribution in [2.24, 2.45) is 0 Å². The van der Waals surface area contributed by atoms with E-state index < -0.39 is 37.9 Å². The Hall–Kier alpha value is -2.18. The SMILES string of the molecule is CCC(=O)N1CCN(c2ccc(Cl)c(OC)c2)CC1n1nc(C(F)(F)F)c(Cl)c1S(C)(=O)=O. The number of aromatic nitrogens is 2. The van der Waals surface area contributed by atoms with E-state index >= 15 is 0 Å². The van der Waals surface area contributed by atoms with Crippen LogP contribution in [0.25, 0.3) is 0 Å². The van der Waals surface area contributed by atoms with Crippen molar-refractivity contribution in [2.75, 3.05) is 37.9 Å². The normalized spacial score (nSPS) is 17.4. The number of ether oxygens (including phenoxy) is 1. The van der Waals surface area contributed by atoms with Crippen LogP contribution in [0.15, 0.2) is 23.2 Å². The Bertz CT molecular complexity index is 1170. The number of halogens is 5. The molecular formula is C19H21Cl2F3N4O4S. The van der Waals surface area contributed by atoms with Crippen molar-refractivity contribution in [3.8, 4) is 5.75 Å². The smallest absolute Gasteiger partial charge is 0.436 e. The first-order chi connectivity index (χ1) is 15.3. The Kier molecular flexibility index (Phi) is 7.11. The number of hydrogen-bond donors (Lipinski definition) is 0. The molecule has 1 aromatic carbocycles. The van der Waals surface area contributed by atoms with Crippen molar-refractivity contribution >= 4 is 44.6 Å². The van der Waals surface area contributed by atoms with Crippen LogP contribution >= 0.6 is 23.2 Å². The zero-order valence-corrected chi connectivity index (χ0v) is 20.2. The average Bonchev–Trinajstić information content (AvgIpc) is 3.11. The quantitative estimate of drug-likeness (QED) is 0.585. The second kappa shape index (κ2) is 9.22. The van der Waals surface area contributed by atoms with Crippen LogP contribution in [0.3, 0.4) is 0 Å². The number of piperazine rings is 1. The number of hydrogen-bond acceptors (Lipinski definition) is 6. The number of methoxy groups -OCH3 is 1. The highest BCUT2D eigenvalue weighted by molar-refractivity contribution is 7.90. The number of rotatable bonds is 5. The molecule has 2 aromatic rings. The summed E-state index contributed by atoms with van der Waals surface area (Å²) >= 11 is 11.9. The third-order valence-corrected chi connectivity index (χ3v) is 7.07. The van der Waals surface area contributed by atoms with Crippen molar-refractivity contribution in [1.29, 1.82) is 0 Å². The molecule has 0 aliphatic carbocycles. The third-order valence-electron chi connectivity index (χ3n) is 5.19. The minimum absolute atomic E-state index is 0.0473. The first kappa shape index (κ1) is 25.4. The van der Waals surface area contributed by atoms with Gasteiger partial charge < -0.3 is 14.5 Å². The number of benzene rings is 1. The molecule has 1 saturated heterocycles. The molecule has 0 N–H and O–H groups in total. The zero-order chi connectivity index (χ0) is 24.7. The van der Waals surface area contributed by atoms with E-state index in [0.717, 1.165) is 6.26 Å². The van der Waals surface area contributed by atoms with Gasteiger partial charge in [0.05, 0.1) is 18.7 Å². The molecule has 3 rings (SSSR count). The molecule has 8 nitrogen and oxygen atoms in total. The highest BCUT2D eigenvalue weighted by Gasteiger charge is 2.44. The van der Waals surface area contributed by atoms with Crippen LogP contribution in [0, 0.1) is 0 Å². The standard InChI is InChI=1S/C19H21Cl2F3N4O4S/c1-4-15(29)27-8-7-26(11-5-6-12(20)13(9-11)32-2)10-14(27)28-18(33(3,30)31)16(21)17(25-28)19(22,23)24/h5-6,9,14H,4,7-8,10H2,1-3H3. The molecule has 33 heavy (non-hydrogen) atoms. The van der Waals surface area contributed by atoms with Gasteiger partial charge in [-0.15, -0.1) is 0 Å². The van der Waals surface area contributed by atoms with Crippen LogP contribution in [0.5, 0.6) is 5.75 Å². The summed E-state index contributed by atoms with van der Waals surface area (Å²) in [5.41, 5.74) is -0.904. The van der Waals surface area contributed by atoms with E-state index in [1.807, 2.05) is 0 Å². The molecule has 0 saturated carbocycles. The Morgan fingerprint density at radius 1 is 1.27 bits per heavy atom. The van der Waals surface area contributed by atoms with E-state index in [-0.39, 0.29) is 25.4 Å². The van der Waals surface area contributed by atoms with E-state index in [4.69, 9.17) is 27.9 Å². The summed E-state index contributed by atoms with van der Waals surface area (Å²) in [6, 6.07) is 4.93. The summed E-state index contributed by atoms with van der Waals surface area (Å²) in [7, 11) is -2.79. The van der Waals surface area contributed by atoms with Gasteiger partial charge in [-0.25, -0.2) is 13.1 Å². The minimum atomic E-state index is -4.99. The molecule has 0 radical (unpaired) electrons. The van der Waals surface area contributed by atoms with Gasteiger partial charge >= 0.3 is 6.18 Å². The highest BCUT2D eigenvalue weighted by Crippen LogP contribution is 2.40. The summed E-state index contributed by atoms with van der Waals surface area (Å²) < 4.78 is 71.3. The Morgan fingerprint density at radius 2 is 1.94 bits per heavy atom. The van der Waals surface area contributed by atoms with Crippen molar-refractivity contribution in [3.05, 3.63) is 33.9 Å². The van der Waals surface area contributed by atoms with Crippen molar-refractivity contribution in [1.82, 2.24) is 14.7 Å². The summed E-state index contributed by atoms with van der Waals surface area (Å²) in [6.07, 6.45) is -5.34. The van der Waals surface area contributed by atoms with Gasteiger partial charge in [0.15, 0.2) is 20.6 Å². The number of sulfone groups is 1. The van der Waals surface area contributed by atoms with Crippen molar-refractivity contribution < 1.29 is 31.1 Å².